The Kier molecular flexibility index (Phi) is 6.41. The fourth-order valence-corrected chi connectivity index (χ4v) is 2.93. The summed E-state index contributed by atoms with van der Waals surface area (Å²) in [5, 5.41) is 5.96. The quantitative estimate of drug-likeness (QED) is 0.865. The van der Waals surface area contributed by atoms with E-state index in [4.69, 9.17) is 4.74 Å². The number of thiazole rings is 1. The Morgan fingerprint density at radius 3 is 2.81 bits per heavy atom. The van der Waals surface area contributed by atoms with E-state index in [9.17, 15) is 4.79 Å². The Balaban J connectivity index is 1.78. The number of amides is 2. The lowest BCUT2D eigenvalue weighted by Crippen LogP contribution is -2.45. The Morgan fingerprint density at radius 2 is 2.14 bits per heavy atom. The molecule has 1 aromatic rings. The Hall–Kier alpha value is -1.18. The highest BCUT2D eigenvalue weighted by atomic mass is 32.1. The summed E-state index contributed by atoms with van der Waals surface area (Å²) in [6.45, 7) is 10.3. The first-order chi connectivity index (χ1) is 10.2. The number of carbonyl (C=O) groups is 1. The first-order valence-electron chi connectivity index (χ1n) is 7.49. The molecule has 1 aromatic heterocycles. The Bertz CT molecular complexity index is 442. The van der Waals surface area contributed by atoms with Gasteiger partial charge in [0.15, 0.2) is 0 Å². The molecule has 118 valence electrons. The molecule has 6 nitrogen and oxygen atoms in total. The maximum Gasteiger partial charge on any atom is 0.317 e. The van der Waals surface area contributed by atoms with Crippen molar-refractivity contribution in [3.8, 4) is 0 Å². The van der Waals surface area contributed by atoms with Gasteiger partial charge >= 0.3 is 6.03 Å². The smallest absolute Gasteiger partial charge is 0.317 e. The van der Waals surface area contributed by atoms with E-state index in [0.717, 1.165) is 30.3 Å². The summed E-state index contributed by atoms with van der Waals surface area (Å²) in [6, 6.07) is -0.0289. The van der Waals surface area contributed by atoms with Crippen LogP contribution in [0.5, 0.6) is 0 Å². The number of rotatable bonds is 6. The number of morpholine rings is 1. The molecule has 1 fully saturated rings. The van der Waals surface area contributed by atoms with Crippen molar-refractivity contribution in [1.29, 1.82) is 0 Å². The van der Waals surface area contributed by atoms with E-state index in [0.29, 0.717) is 32.8 Å². The van der Waals surface area contributed by atoms with Crippen LogP contribution in [0.15, 0.2) is 5.38 Å². The van der Waals surface area contributed by atoms with Crippen molar-refractivity contribution >= 4 is 17.4 Å². The van der Waals surface area contributed by atoms with Gasteiger partial charge < -0.3 is 15.0 Å². The number of nitrogens with zero attached hydrogens (tertiary/aromatic N) is 3. The van der Waals surface area contributed by atoms with Gasteiger partial charge in [0.25, 0.3) is 0 Å². The van der Waals surface area contributed by atoms with Crippen molar-refractivity contribution in [3.63, 3.8) is 0 Å². The van der Waals surface area contributed by atoms with Gasteiger partial charge in [-0.1, -0.05) is 13.8 Å². The van der Waals surface area contributed by atoms with Crippen LogP contribution in [-0.2, 0) is 17.8 Å². The van der Waals surface area contributed by atoms with Crippen LogP contribution in [0.3, 0.4) is 0 Å². The molecule has 1 aliphatic heterocycles. The second-order valence-corrected chi connectivity index (χ2v) is 5.89. The fourth-order valence-electron chi connectivity index (χ4n) is 2.21. The average molecular weight is 312 g/mol. The van der Waals surface area contributed by atoms with Crippen LogP contribution in [0, 0.1) is 0 Å². The van der Waals surface area contributed by atoms with E-state index in [2.05, 4.69) is 34.4 Å². The summed E-state index contributed by atoms with van der Waals surface area (Å²) in [5.41, 5.74) is 1.08. The standard InChI is InChI=1S/C14H24N4O2S/c1-3-17(4-2)10-12-11-21-13(16-12)9-15-14(19)18-5-7-20-8-6-18/h11H,3-10H2,1-2H3,(H,15,19). The molecule has 1 N–H and O–H groups in total. The van der Waals surface area contributed by atoms with Crippen molar-refractivity contribution < 1.29 is 9.53 Å². The van der Waals surface area contributed by atoms with E-state index >= 15 is 0 Å². The second kappa shape index (κ2) is 8.31. The number of ether oxygens (including phenoxy) is 1. The Labute approximate surface area is 130 Å². The number of hydrogen-bond donors (Lipinski definition) is 1. The van der Waals surface area contributed by atoms with Crippen LogP contribution in [0.1, 0.15) is 24.5 Å². The van der Waals surface area contributed by atoms with Gasteiger partial charge in [-0.2, -0.15) is 0 Å². The summed E-state index contributed by atoms with van der Waals surface area (Å²) < 4.78 is 5.24. The monoisotopic (exact) mass is 312 g/mol. The summed E-state index contributed by atoms with van der Waals surface area (Å²) in [4.78, 5) is 20.7. The Morgan fingerprint density at radius 1 is 1.43 bits per heavy atom. The van der Waals surface area contributed by atoms with Gasteiger partial charge in [-0.3, -0.25) is 4.90 Å². The van der Waals surface area contributed by atoms with Crippen molar-refractivity contribution in [2.75, 3.05) is 39.4 Å². The number of nitrogens with one attached hydrogen (secondary N) is 1. The van der Waals surface area contributed by atoms with Gasteiger partial charge in [0.05, 0.1) is 25.5 Å². The molecule has 7 heteroatoms. The molecule has 0 aliphatic carbocycles. The van der Waals surface area contributed by atoms with Gasteiger partial charge in [0, 0.05) is 25.0 Å². The topological polar surface area (TPSA) is 57.7 Å². The summed E-state index contributed by atoms with van der Waals surface area (Å²) >= 11 is 1.61. The van der Waals surface area contributed by atoms with E-state index in [1.807, 2.05) is 0 Å². The predicted octanol–water partition coefficient (Wildman–Crippen LogP) is 1.53. The lowest BCUT2D eigenvalue weighted by Gasteiger charge is -2.26. The summed E-state index contributed by atoms with van der Waals surface area (Å²) in [7, 11) is 0. The molecule has 0 aromatic carbocycles. The number of hydrogen-bond acceptors (Lipinski definition) is 5. The van der Waals surface area contributed by atoms with Crippen molar-refractivity contribution in [1.82, 2.24) is 20.1 Å². The van der Waals surface area contributed by atoms with Crippen LogP contribution in [0.25, 0.3) is 0 Å². The van der Waals surface area contributed by atoms with Gasteiger partial charge in [0.1, 0.15) is 5.01 Å². The van der Waals surface area contributed by atoms with E-state index in [-0.39, 0.29) is 6.03 Å². The number of urea groups is 1. The minimum Gasteiger partial charge on any atom is -0.378 e. The third-order valence-electron chi connectivity index (χ3n) is 3.57. The predicted molar refractivity (Wildman–Crippen MR) is 83.4 cm³/mol. The van der Waals surface area contributed by atoms with Gasteiger partial charge in [0.2, 0.25) is 0 Å². The molecule has 2 amide bonds. The second-order valence-electron chi connectivity index (χ2n) is 4.95. The highest BCUT2D eigenvalue weighted by molar-refractivity contribution is 7.09. The molecule has 0 radical (unpaired) electrons. The minimum absolute atomic E-state index is 0.0289. The van der Waals surface area contributed by atoms with Crippen LogP contribution in [0.4, 0.5) is 4.79 Å². The van der Waals surface area contributed by atoms with Gasteiger partial charge in [-0.05, 0) is 13.1 Å². The van der Waals surface area contributed by atoms with Crippen LogP contribution in [0.2, 0.25) is 0 Å². The zero-order valence-electron chi connectivity index (χ0n) is 12.8. The molecule has 1 aliphatic rings. The van der Waals surface area contributed by atoms with Crippen LogP contribution in [-0.4, -0.2) is 60.2 Å². The number of aromatic nitrogens is 1. The highest BCUT2D eigenvalue weighted by Gasteiger charge is 2.16. The summed E-state index contributed by atoms with van der Waals surface area (Å²) in [6.07, 6.45) is 0. The molecule has 2 rings (SSSR count). The summed E-state index contributed by atoms with van der Waals surface area (Å²) in [5.74, 6) is 0. The molecule has 0 spiro atoms. The van der Waals surface area contributed by atoms with E-state index < -0.39 is 0 Å². The fraction of sp³-hybridized carbons (Fsp3) is 0.714. The molecular formula is C14H24N4O2S. The molecule has 0 bridgehead atoms. The molecule has 0 unspecified atom stereocenters. The normalized spacial score (nSPS) is 15.5. The molecular weight excluding hydrogens is 288 g/mol. The molecule has 21 heavy (non-hydrogen) atoms. The third kappa shape index (κ3) is 4.94. The lowest BCUT2D eigenvalue weighted by atomic mass is 10.4. The third-order valence-corrected chi connectivity index (χ3v) is 4.47. The van der Waals surface area contributed by atoms with Gasteiger partial charge in [-0.15, -0.1) is 11.3 Å². The number of carbonyl (C=O) groups excluding carboxylic acids is 1. The maximum absolute atomic E-state index is 12.0. The van der Waals surface area contributed by atoms with Crippen LogP contribution >= 0.6 is 11.3 Å². The maximum atomic E-state index is 12.0. The zero-order chi connectivity index (χ0) is 15.1. The van der Waals surface area contributed by atoms with Crippen molar-refractivity contribution in [2.45, 2.75) is 26.9 Å². The van der Waals surface area contributed by atoms with Crippen LogP contribution < -0.4 is 5.32 Å². The zero-order valence-corrected chi connectivity index (χ0v) is 13.6. The highest BCUT2D eigenvalue weighted by Crippen LogP contribution is 2.12. The first kappa shape index (κ1) is 16.2. The molecule has 1 saturated heterocycles. The van der Waals surface area contributed by atoms with Crippen molar-refractivity contribution in [2.24, 2.45) is 0 Å². The lowest BCUT2D eigenvalue weighted by molar-refractivity contribution is 0.0531. The average Bonchev–Trinajstić information content (AvgIpc) is 2.98. The van der Waals surface area contributed by atoms with E-state index in [1.54, 1.807) is 16.2 Å². The van der Waals surface area contributed by atoms with Crippen molar-refractivity contribution in [3.05, 3.63) is 16.1 Å². The molecule has 2 heterocycles. The molecule has 0 atom stereocenters. The minimum atomic E-state index is -0.0289. The largest absolute Gasteiger partial charge is 0.378 e. The molecule has 0 saturated carbocycles. The first-order valence-corrected chi connectivity index (χ1v) is 8.37. The van der Waals surface area contributed by atoms with Gasteiger partial charge in [-0.25, -0.2) is 9.78 Å². The van der Waals surface area contributed by atoms with E-state index in [1.165, 1.54) is 0 Å². The SMILES string of the molecule is CCN(CC)Cc1csc(CNC(=O)N2CCOCC2)n1.